The summed E-state index contributed by atoms with van der Waals surface area (Å²) in [4.78, 5) is 10.5. The van der Waals surface area contributed by atoms with Crippen molar-refractivity contribution in [2.75, 3.05) is 146 Å². The quantitative estimate of drug-likeness (QED) is 0.0451. The summed E-state index contributed by atoms with van der Waals surface area (Å²) in [6.07, 6.45) is -0.243. The molecule has 0 bridgehead atoms. The van der Waals surface area contributed by atoms with E-state index >= 15 is 0 Å². The van der Waals surface area contributed by atoms with E-state index in [2.05, 4.69) is 180 Å². The van der Waals surface area contributed by atoms with E-state index in [0.29, 0.717) is 59.5 Å². The summed E-state index contributed by atoms with van der Waals surface area (Å²) in [5.41, 5.74) is 0.777. The van der Waals surface area contributed by atoms with E-state index in [4.69, 9.17) is 53.6 Å². The minimum atomic E-state index is -0.406. The van der Waals surface area contributed by atoms with Gasteiger partial charge in [-0.1, -0.05) is 182 Å². The van der Waals surface area contributed by atoms with Gasteiger partial charge in [-0.15, -0.1) is 0 Å². The van der Waals surface area contributed by atoms with Gasteiger partial charge in [-0.2, -0.15) is 0 Å². The zero-order valence-corrected chi connectivity index (χ0v) is 55.7. The molecule has 0 radical (unpaired) electrons. The molecule has 0 saturated heterocycles. The Balaban J connectivity index is -0.0000000299. The fourth-order valence-corrected chi connectivity index (χ4v) is 8.41. The van der Waals surface area contributed by atoms with Gasteiger partial charge in [-0.05, 0) is 134 Å². The summed E-state index contributed by atoms with van der Waals surface area (Å²) in [7, 11) is 3.27. The van der Waals surface area contributed by atoms with E-state index in [9.17, 15) is 0 Å². The molecule has 4 atom stereocenters. The van der Waals surface area contributed by atoms with E-state index in [1.807, 2.05) is 20.8 Å². The van der Waals surface area contributed by atoms with Gasteiger partial charge < -0.3 is 63.4 Å². The molecule has 0 aromatic heterocycles. The van der Waals surface area contributed by atoms with Crippen LogP contribution >= 0.6 is 0 Å². The maximum atomic E-state index is 8.86. The van der Waals surface area contributed by atoms with E-state index < -0.39 is 6.10 Å². The molecular formula is C76H200N4O11V. The standard InChI is InChI=1S/2C18H40N2.C9H20O4.C7H16O4.C6H14O3.17CH4.CH2.V/c1-15(2,3)19(16(4,5)6)13-14-20(17(7,8)9)18(10,11)12;1-15(2)11-19(12-16(3)4)9-10-20(13-17(5)6)14-18(7)8;1-8(10)6-12-4-5-13-9(2)7-11-3;1-7(11-5-3-9)6-10-4-2-8;1-6(5-8-2)9-4-3-7;;;;;;;;;;;;;;;;;;;/h13-14H2,1-12H3;15-18H,9-14H2,1-8H3;8-10H,4-7H2,1-3H3;7-9H,2-6H2,1H3;6-7H,3-5H2,1-2H3;17*1H4;1H2;. The third kappa shape index (κ3) is 120. The van der Waals surface area contributed by atoms with Crippen LogP contribution in [0.4, 0.5) is 0 Å². The van der Waals surface area contributed by atoms with E-state index in [0.717, 1.165) is 36.8 Å². The average Bonchev–Trinajstić information content (AvgIpc) is 3.24. The third-order valence-corrected chi connectivity index (χ3v) is 10.4. The predicted octanol–water partition coefficient (Wildman–Crippen LogP) is 19.6. The van der Waals surface area contributed by atoms with Crippen molar-refractivity contribution < 1.29 is 70.6 Å². The van der Waals surface area contributed by atoms with Gasteiger partial charge in [0.05, 0.1) is 104 Å². The molecule has 0 aliphatic rings. The first-order valence-electron chi connectivity index (χ1n) is 28.3. The number of aliphatic hydroxyl groups excluding tert-OH is 4. The van der Waals surface area contributed by atoms with Crippen LogP contribution in [0.3, 0.4) is 0 Å². The normalized spacial score (nSPS) is 11.3. The van der Waals surface area contributed by atoms with Crippen LogP contribution in [0.5, 0.6) is 0 Å². The number of ether oxygens (including phenoxy) is 7. The topological polar surface area (TPSA) is 158 Å². The zero-order valence-electron chi connectivity index (χ0n) is 54.4. The van der Waals surface area contributed by atoms with Crippen molar-refractivity contribution in [2.45, 2.75) is 339 Å². The minimum absolute atomic E-state index is 0. The Morgan fingerprint density at radius 2 is 0.543 bits per heavy atom. The summed E-state index contributed by atoms with van der Waals surface area (Å²) in [5, 5.41) is 37.1. The number of rotatable bonds is 34. The van der Waals surface area contributed by atoms with Gasteiger partial charge in [-0.3, -0.25) is 9.80 Å². The van der Waals surface area contributed by atoms with Crippen molar-refractivity contribution in [1.29, 1.82) is 0 Å². The Morgan fingerprint density at radius 1 is 0.326 bits per heavy atom. The van der Waals surface area contributed by atoms with Gasteiger partial charge in [0, 0.05) is 88.7 Å². The molecule has 16 heteroatoms. The van der Waals surface area contributed by atoms with Gasteiger partial charge in [0.15, 0.2) is 0 Å². The number of aliphatic hydroxyl groups is 4. The summed E-state index contributed by atoms with van der Waals surface area (Å²) in [6, 6.07) is 0. The number of methoxy groups -OCH3 is 2. The van der Waals surface area contributed by atoms with Crippen molar-refractivity contribution in [3.8, 4) is 0 Å². The second-order valence-corrected chi connectivity index (χ2v) is 25.2. The van der Waals surface area contributed by atoms with Crippen LogP contribution in [0.2, 0.25) is 0 Å². The SMILES string of the molecule is C.C.C.C.C.C.C.C.C.C.C.C.C.C.C.C.C.CC(C)(C)N(CCN(C(C)(C)C)C(C)(C)C)C(C)(C)C.CC(C)CN(CCN(CC(C)C)CC(C)C)CC(C)C.CC(COCCO)OCCO.COCC(C)OCCO.COCC(C)OCCOCC(C)O.[CH2]=[V]. The number of hydrogen-bond donors (Lipinski definition) is 4. The summed E-state index contributed by atoms with van der Waals surface area (Å²) < 4.78 is 35.3. The van der Waals surface area contributed by atoms with Crippen LogP contribution in [0.15, 0.2) is 0 Å². The molecule has 4 unspecified atom stereocenters. The van der Waals surface area contributed by atoms with Gasteiger partial charge in [0.25, 0.3) is 0 Å². The Kier molecular flexibility index (Phi) is 169. The van der Waals surface area contributed by atoms with E-state index in [1.54, 1.807) is 21.1 Å². The Labute approximate surface area is 600 Å². The van der Waals surface area contributed by atoms with Crippen molar-refractivity contribution in [3.05, 3.63) is 0 Å². The van der Waals surface area contributed by atoms with E-state index in [-0.39, 0.29) is 187 Å². The molecule has 0 aromatic rings. The van der Waals surface area contributed by atoms with Crippen LogP contribution < -0.4 is 0 Å². The molecule has 15 nitrogen and oxygen atoms in total. The monoisotopic (exact) mass is 1400 g/mol. The first-order valence-corrected chi connectivity index (χ1v) is 29.3. The van der Waals surface area contributed by atoms with Gasteiger partial charge in [0.2, 0.25) is 0 Å². The third-order valence-electron chi connectivity index (χ3n) is 10.4. The van der Waals surface area contributed by atoms with E-state index in [1.165, 1.54) is 39.3 Å². The molecule has 0 aliphatic heterocycles. The fraction of sp³-hybridized carbons (Fsp3) is 0.987. The molecule has 0 saturated carbocycles. The molecule has 0 spiro atoms. The van der Waals surface area contributed by atoms with Crippen molar-refractivity contribution in [2.24, 2.45) is 23.7 Å². The van der Waals surface area contributed by atoms with Crippen LogP contribution in [-0.2, 0) is 50.1 Å². The molecule has 4 N–H and O–H groups in total. The number of hydrogen-bond acceptors (Lipinski definition) is 15. The molecular weight excluding hydrogens is 1200 g/mol. The zero-order chi connectivity index (χ0) is 60.0. The van der Waals surface area contributed by atoms with Crippen molar-refractivity contribution in [3.63, 3.8) is 0 Å². The first-order chi connectivity index (χ1) is 34.5. The molecule has 92 heavy (non-hydrogen) atoms. The second kappa shape index (κ2) is 97.2. The fourth-order valence-electron chi connectivity index (χ4n) is 8.41. The van der Waals surface area contributed by atoms with Crippen LogP contribution in [-0.4, -0.2) is 238 Å². The summed E-state index contributed by atoms with van der Waals surface area (Å²) in [6.45, 7) is 67.6. The van der Waals surface area contributed by atoms with Gasteiger partial charge >= 0.3 is 22.2 Å². The molecule has 0 amide bonds. The molecule has 0 fully saturated rings. The molecule has 0 aliphatic carbocycles. The molecule has 0 aromatic carbocycles. The Morgan fingerprint density at radius 3 is 0.739 bits per heavy atom. The average molecular weight is 1400 g/mol. The maximum absolute atomic E-state index is 8.86. The van der Waals surface area contributed by atoms with Gasteiger partial charge in [-0.25, -0.2) is 0 Å². The summed E-state index contributed by atoms with van der Waals surface area (Å²) >= 11 is 2.06. The van der Waals surface area contributed by atoms with Gasteiger partial charge in [0.1, 0.15) is 0 Å². The first kappa shape index (κ1) is 160. The predicted molar refractivity (Wildman–Crippen MR) is 431 cm³/mol. The molecule has 595 valence electrons. The van der Waals surface area contributed by atoms with Crippen LogP contribution in [0.1, 0.15) is 292 Å². The second-order valence-electron chi connectivity index (χ2n) is 25.2. The molecule has 0 heterocycles. The Bertz CT molecular complexity index is 1060. The van der Waals surface area contributed by atoms with Crippen LogP contribution in [0, 0.1) is 23.7 Å². The van der Waals surface area contributed by atoms with Crippen molar-refractivity contribution in [1.82, 2.24) is 19.6 Å². The molecule has 0 rings (SSSR count). The number of nitrogens with zero attached hydrogens (tertiary/aromatic N) is 4. The summed E-state index contributed by atoms with van der Waals surface area (Å²) in [5.74, 6) is 3.05. The Hall–Kier alpha value is -0.146. The van der Waals surface area contributed by atoms with Crippen molar-refractivity contribution >= 4 is 5.23 Å². The van der Waals surface area contributed by atoms with Crippen LogP contribution in [0.25, 0.3) is 0 Å².